The van der Waals surface area contributed by atoms with E-state index < -0.39 is 0 Å². The third kappa shape index (κ3) is 3.80. The summed E-state index contributed by atoms with van der Waals surface area (Å²) in [5.41, 5.74) is 0.991. The van der Waals surface area contributed by atoms with E-state index in [1.807, 2.05) is 16.9 Å². The van der Waals surface area contributed by atoms with Gasteiger partial charge < -0.3 is 9.84 Å². The minimum Gasteiger partial charge on any atom is -0.392 e. The van der Waals surface area contributed by atoms with Crippen LogP contribution in [0, 0.1) is 5.92 Å². The molecule has 0 aliphatic carbocycles. The maximum atomic E-state index is 10.3. The highest BCUT2D eigenvalue weighted by atomic mass is 16.5. The summed E-state index contributed by atoms with van der Waals surface area (Å²) >= 11 is 0. The lowest BCUT2D eigenvalue weighted by molar-refractivity contribution is -0.00884. The zero-order valence-electron chi connectivity index (χ0n) is 12.1. The van der Waals surface area contributed by atoms with E-state index in [1.54, 1.807) is 0 Å². The number of nitrogens with zero attached hydrogens (tertiary/aromatic N) is 2. The summed E-state index contributed by atoms with van der Waals surface area (Å²) in [5.74, 6) is 0.270. The topological polar surface area (TPSA) is 47.3 Å². The number of aliphatic hydroxyl groups excluding tert-OH is 1. The number of hydrogen-bond donors (Lipinski definition) is 1. The Balaban J connectivity index is 1.91. The lowest BCUT2D eigenvalue weighted by atomic mass is 9.93. The average Bonchev–Trinajstić information content (AvgIpc) is 2.89. The summed E-state index contributed by atoms with van der Waals surface area (Å²) in [6, 6.07) is 2.51. The molecule has 1 fully saturated rings. The van der Waals surface area contributed by atoms with Gasteiger partial charge in [0.1, 0.15) is 0 Å². The molecular formula is C15H26N2O2. The molecule has 0 aromatic carbocycles. The molecule has 1 aromatic rings. The molecule has 0 saturated carbocycles. The lowest BCUT2D eigenvalue weighted by Gasteiger charge is -2.26. The van der Waals surface area contributed by atoms with Gasteiger partial charge >= 0.3 is 0 Å². The van der Waals surface area contributed by atoms with Gasteiger partial charge in [-0.05, 0) is 31.7 Å². The molecule has 0 radical (unpaired) electrons. The SMILES string of the molecule is CCC(CC)n1ccc(CC(O)C2CCCOC2)n1. The first-order chi connectivity index (χ1) is 9.24. The molecule has 0 amide bonds. The Morgan fingerprint density at radius 3 is 2.89 bits per heavy atom. The van der Waals surface area contributed by atoms with Crippen molar-refractivity contribution in [2.45, 2.75) is 58.1 Å². The van der Waals surface area contributed by atoms with E-state index in [2.05, 4.69) is 18.9 Å². The molecule has 4 nitrogen and oxygen atoms in total. The van der Waals surface area contributed by atoms with Gasteiger partial charge in [-0.15, -0.1) is 0 Å². The van der Waals surface area contributed by atoms with E-state index in [1.165, 1.54) is 0 Å². The molecule has 1 saturated heterocycles. The molecule has 1 N–H and O–H groups in total. The second-order valence-corrected chi connectivity index (χ2v) is 5.51. The monoisotopic (exact) mass is 266 g/mol. The molecule has 2 heterocycles. The van der Waals surface area contributed by atoms with Crippen LogP contribution in [0.5, 0.6) is 0 Å². The van der Waals surface area contributed by atoms with Gasteiger partial charge in [0, 0.05) is 25.1 Å². The standard InChI is InChI=1S/C15H26N2O2/c1-3-14(4-2)17-8-7-13(16-17)10-15(18)12-6-5-9-19-11-12/h7-8,12,14-15,18H,3-6,9-11H2,1-2H3. The second-order valence-electron chi connectivity index (χ2n) is 5.51. The molecule has 0 bridgehead atoms. The Hall–Kier alpha value is -0.870. The lowest BCUT2D eigenvalue weighted by Crippen LogP contribution is -2.30. The summed E-state index contributed by atoms with van der Waals surface area (Å²) in [5, 5.41) is 14.9. The number of ether oxygens (including phenoxy) is 1. The van der Waals surface area contributed by atoms with Crippen LogP contribution in [0.2, 0.25) is 0 Å². The molecule has 1 aliphatic heterocycles. The summed E-state index contributed by atoms with van der Waals surface area (Å²) in [4.78, 5) is 0. The van der Waals surface area contributed by atoms with Crippen LogP contribution in [0.15, 0.2) is 12.3 Å². The minimum absolute atomic E-state index is 0.270. The van der Waals surface area contributed by atoms with E-state index in [4.69, 9.17) is 4.74 Å². The molecule has 1 aliphatic rings. The number of aliphatic hydroxyl groups is 1. The van der Waals surface area contributed by atoms with E-state index in [0.717, 1.165) is 38.0 Å². The first kappa shape index (κ1) is 14.5. The van der Waals surface area contributed by atoms with Crippen LogP contribution in [-0.2, 0) is 11.2 Å². The Kier molecular flexibility index (Phi) is 5.40. The van der Waals surface area contributed by atoms with Crippen LogP contribution < -0.4 is 0 Å². The first-order valence-corrected chi connectivity index (χ1v) is 7.54. The van der Waals surface area contributed by atoms with Crippen LogP contribution >= 0.6 is 0 Å². The van der Waals surface area contributed by atoms with Gasteiger partial charge in [-0.1, -0.05) is 13.8 Å². The molecule has 4 heteroatoms. The fourth-order valence-corrected chi connectivity index (χ4v) is 2.80. The summed E-state index contributed by atoms with van der Waals surface area (Å²) < 4.78 is 7.47. The van der Waals surface area contributed by atoms with Gasteiger partial charge in [-0.25, -0.2) is 0 Å². The number of aromatic nitrogens is 2. The maximum absolute atomic E-state index is 10.3. The van der Waals surface area contributed by atoms with Gasteiger partial charge in [0.2, 0.25) is 0 Å². The Morgan fingerprint density at radius 2 is 2.26 bits per heavy atom. The fraction of sp³-hybridized carbons (Fsp3) is 0.800. The van der Waals surface area contributed by atoms with Crippen LogP contribution in [0.1, 0.15) is 51.3 Å². The Labute approximate surface area is 115 Å². The van der Waals surface area contributed by atoms with Gasteiger partial charge in [-0.3, -0.25) is 4.68 Å². The third-order valence-corrected chi connectivity index (χ3v) is 4.14. The fourth-order valence-electron chi connectivity index (χ4n) is 2.80. The van der Waals surface area contributed by atoms with Crippen molar-refractivity contribution in [1.82, 2.24) is 9.78 Å². The first-order valence-electron chi connectivity index (χ1n) is 7.54. The van der Waals surface area contributed by atoms with Crippen molar-refractivity contribution in [2.75, 3.05) is 13.2 Å². The summed E-state index contributed by atoms with van der Waals surface area (Å²) in [7, 11) is 0. The van der Waals surface area contributed by atoms with Crippen LogP contribution in [0.25, 0.3) is 0 Å². The molecule has 2 atom stereocenters. The third-order valence-electron chi connectivity index (χ3n) is 4.14. The molecule has 0 spiro atoms. The normalized spacial score (nSPS) is 21.8. The zero-order valence-corrected chi connectivity index (χ0v) is 12.1. The predicted octanol–water partition coefficient (Wildman–Crippen LogP) is 2.57. The van der Waals surface area contributed by atoms with E-state index in [-0.39, 0.29) is 12.0 Å². The summed E-state index contributed by atoms with van der Waals surface area (Å²) in [6.45, 7) is 5.90. The molecule has 2 rings (SSSR count). The van der Waals surface area contributed by atoms with Gasteiger partial charge in [0.15, 0.2) is 0 Å². The Bertz CT molecular complexity index is 368. The van der Waals surface area contributed by atoms with Crippen molar-refractivity contribution in [3.05, 3.63) is 18.0 Å². The largest absolute Gasteiger partial charge is 0.392 e. The highest BCUT2D eigenvalue weighted by Crippen LogP contribution is 2.21. The van der Waals surface area contributed by atoms with Crippen molar-refractivity contribution in [3.63, 3.8) is 0 Å². The highest BCUT2D eigenvalue weighted by molar-refractivity contribution is 5.02. The van der Waals surface area contributed by atoms with Crippen LogP contribution in [0.4, 0.5) is 0 Å². The van der Waals surface area contributed by atoms with E-state index >= 15 is 0 Å². The van der Waals surface area contributed by atoms with Gasteiger partial charge in [0.25, 0.3) is 0 Å². The van der Waals surface area contributed by atoms with Crippen molar-refractivity contribution >= 4 is 0 Å². The van der Waals surface area contributed by atoms with Gasteiger partial charge in [0.05, 0.1) is 24.4 Å². The quantitative estimate of drug-likeness (QED) is 0.861. The van der Waals surface area contributed by atoms with Crippen LogP contribution in [-0.4, -0.2) is 34.2 Å². The van der Waals surface area contributed by atoms with Gasteiger partial charge in [-0.2, -0.15) is 5.10 Å². The minimum atomic E-state index is -0.328. The number of hydrogen-bond acceptors (Lipinski definition) is 3. The predicted molar refractivity (Wildman–Crippen MR) is 75.1 cm³/mol. The number of rotatable bonds is 6. The van der Waals surface area contributed by atoms with Crippen molar-refractivity contribution in [1.29, 1.82) is 0 Å². The van der Waals surface area contributed by atoms with Crippen LogP contribution in [0.3, 0.4) is 0 Å². The maximum Gasteiger partial charge on any atom is 0.0650 e. The average molecular weight is 266 g/mol. The van der Waals surface area contributed by atoms with Crippen molar-refractivity contribution in [3.8, 4) is 0 Å². The molecule has 2 unspecified atom stereocenters. The molecule has 19 heavy (non-hydrogen) atoms. The second kappa shape index (κ2) is 7.06. The highest BCUT2D eigenvalue weighted by Gasteiger charge is 2.23. The van der Waals surface area contributed by atoms with Crippen molar-refractivity contribution in [2.24, 2.45) is 5.92 Å². The molecule has 1 aromatic heterocycles. The van der Waals surface area contributed by atoms with E-state index in [0.29, 0.717) is 19.1 Å². The van der Waals surface area contributed by atoms with Crippen molar-refractivity contribution < 1.29 is 9.84 Å². The molecule has 108 valence electrons. The smallest absolute Gasteiger partial charge is 0.0650 e. The molecular weight excluding hydrogens is 240 g/mol. The Morgan fingerprint density at radius 1 is 1.47 bits per heavy atom. The summed E-state index contributed by atoms with van der Waals surface area (Å²) in [6.07, 6.45) is 6.66. The zero-order chi connectivity index (χ0) is 13.7. The van der Waals surface area contributed by atoms with E-state index in [9.17, 15) is 5.11 Å².